The van der Waals surface area contributed by atoms with Crippen LogP contribution in [0.4, 0.5) is 0 Å². The molecule has 1 heterocycles. The molecule has 0 spiro atoms. The van der Waals surface area contributed by atoms with Gasteiger partial charge in [-0.2, -0.15) is 0 Å². The summed E-state index contributed by atoms with van der Waals surface area (Å²) in [6, 6.07) is 0. The van der Waals surface area contributed by atoms with Crippen molar-refractivity contribution >= 4 is 5.84 Å². The lowest BCUT2D eigenvalue weighted by atomic mass is 10.1. The molecule has 0 aromatic heterocycles. The Balaban J connectivity index is 2.09. The Morgan fingerprint density at radius 3 is 2.80 bits per heavy atom. The first-order valence-corrected chi connectivity index (χ1v) is 6.36. The smallest absolute Gasteiger partial charge is 0.0990 e. The monoisotopic (exact) mass is 211 g/mol. The molecule has 2 N–H and O–H groups in total. The predicted molar refractivity (Wildman–Crippen MR) is 66.3 cm³/mol. The largest absolute Gasteiger partial charge is 0.357 e. The zero-order chi connectivity index (χ0) is 10.9. The van der Waals surface area contributed by atoms with Crippen LogP contribution >= 0.6 is 0 Å². The van der Waals surface area contributed by atoms with Crippen molar-refractivity contribution < 1.29 is 0 Å². The summed E-state index contributed by atoms with van der Waals surface area (Å²) in [5.41, 5.74) is 5.57. The number of unbranched alkanes of at least 4 members (excludes halogenated alkanes) is 4. The normalized spacial score (nSPS) is 15.9. The van der Waals surface area contributed by atoms with E-state index in [0.717, 1.165) is 32.6 Å². The molecule has 0 atom stereocenters. The Labute approximate surface area is 93.7 Å². The van der Waals surface area contributed by atoms with Crippen LogP contribution < -0.4 is 5.73 Å². The van der Waals surface area contributed by atoms with E-state index in [4.69, 9.17) is 5.73 Å². The molecule has 0 aliphatic carbocycles. The molecule has 0 aromatic carbocycles. The van der Waals surface area contributed by atoms with Crippen LogP contribution in [0.5, 0.6) is 0 Å². The van der Waals surface area contributed by atoms with Gasteiger partial charge in [0.25, 0.3) is 0 Å². The molecule has 1 rings (SSSR count). The van der Waals surface area contributed by atoms with Crippen molar-refractivity contribution in [3.8, 4) is 0 Å². The Bertz CT molecular complexity index is 189. The number of rotatable bonds is 8. The van der Waals surface area contributed by atoms with Crippen LogP contribution in [0.2, 0.25) is 0 Å². The lowest BCUT2D eigenvalue weighted by Crippen LogP contribution is -2.32. The van der Waals surface area contributed by atoms with Gasteiger partial charge in [0.1, 0.15) is 0 Å². The maximum atomic E-state index is 5.57. The van der Waals surface area contributed by atoms with E-state index in [-0.39, 0.29) is 0 Å². The summed E-state index contributed by atoms with van der Waals surface area (Å²) >= 11 is 0. The molecule has 0 aromatic rings. The van der Waals surface area contributed by atoms with Gasteiger partial charge in [0.2, 0.25) is 0 Å². The van der Waals surface area contributed by atoms with E-state index in [1.54, 1.807) is 0 Å². The number of hydrogen-bond acceptors (Lipinski definition) is 3. The molecular weight excluding hydrogens is 186 g/mol. The van der Waals surface area contributed by atoms with Gasteiger partial charge in [-0.05, 0) is 6.42 Å². The standard InChI is InChI=1S/C12H25N3/c1-2-3-4-5-6-7-12-14-9-11-15(12)10-8-13/h2-11,13H2,1H3. The van der Waals surface area contributed by atoms with Crippen LogP contribution in [-0.4, -0.2) is 36.9 Å². The van der Waals surface area contributed by atoms with Crippen LogP contribution in [0.15, 0.2) is 4.99 Å². The molecular formula is C12H25N3. The van der Waals surface area contributed by atoms with E-state index in [2.05, 4.69) is 16.8 Å². The van der Waals surface area contributed by atoms with E-state index < -0.39 is 0 Å². The third-order valence-electron chi connectivity index (χ3n) is 2.93. The highest BCUT2D eigenvalue weighted by molar-refractivity contribution is 5.83. The predicted octanol–water partition coefficient (Wildman–Crippen LogP) is 2.02. The second-order valence-electron chi connectivity index (χ2n) is 4.24. The van der Waals surface area contributed by atoms with Gasteiger partial charge >= 0.3 is 0 Å². The minimum absolute atomic E-state index is 0.745. The van der Waals surface area contributed by atoms with Crippen molar-refractivity contribution in [2.24, 2.45) is 10.7 Å². The molecule has 0 unspecified atom stereocenters. The van der Waals surface area contributed by atoms with Crippen molar-refractivity contribution in [2.45, 2.75) is 45.4 Å². The topological polar surface area (TPSA) is 41.6 Å². The van der Waals surface area contributed by atoms with Crippen LogP contribution in [0.25, 0.3) is 0 Å². The SMILES string of the molecule is CCCCCCCC1=NCCN1CCN. The summed E-state index contributed by atoms with van der Waals surface area (Å²) in [5.74, 6) is 1.30. The van der Waals surface area contributed by atoms with Crippen LogP contribution in [0.1, 0.15) is 45.4 Å². The van der Waals surface area contributed by atoms with Gasteiger partial charge in [-0.3, -0.25) is 4.99 Å². The molecule has 3 heteroatoms. The average Bonchev–Trinajstić information content (AvgIpc) is 2.66. The minimum atomic E-state index is 0.745. The van der Waals surface area contributed by atoms with Crippen molar-refractivity contribution in [1.29, 1.82) is 0 Å². The second kappa shape index (κ2) is 7.69. The summed E-state index contributed by atoms with van der Waals surface area (Å²) in [5, 5.41) is 0. The molecule has 0 saturated heterocycles. The highest BCUT2D eigenvalue weighted by atomic mass is 15.2. The summed E-state index contributed by atoms with van der Waals surface area (Å²) in [4.78, 5) is 6.89. The van der Waals surface area contributed by atoms with Crippen molar-refractivity contribution in [3.05, 3.63) is 0 Å². The molecule has 0 fully saturated rings. The first kappa shape index (κ1) is 12.5. The fraction of sp³-hybridized carbons (Fsp3) is 0.917. The number of nitrogens with two attached hydrogens (primary N) is 1. The lowest BCUT2D eigenvalue weighted by molar-refractivity contribution is 0.456. The van der Waals surface area contributed by atoms with Crippen LogP contribution in [0, 0.1) is 0 Å². The van der Waals surface area contributed by atoms with Crippen LogP contribution in [0.3, 0.4) is 0 Å². The molecule has 15 heavy (non-hydrogen) atoms. The summed E-state index contributed by atoms with van der Waals surface area (Å²) in [6.45, 7) is 6.04. The van der Waals surface area contributed by atoms with Gasteiger partial charge in [0.05, 0.1) is 12.4 Å². The Morgan fingerprint density at radius 1 is 1.27 bits per heavy atom. The molecule has 1 aliphatic heterocycles. The zero-order valence-corrected chi connectivity index (χ0v) is 10.0. The summed E-state index contributed by atoms with van der Waals surface area (Å²) < 4.78 is 0. The second-order valence-corrected chi connectivity index (χ2v) is 4.24. The van der Waals surface area contributed by atoms with E-state index in [9.17, 15) is 0 Å². The Hall–Kier alpha value is -0.570. The maximum Gasteiger partial charge on any atom is 0.0990 e. The molecule has 3 nitrogen and oxygen atoms in total. The molecule has 0 saturated carbocycles. The number of hydrogen-bond donors (Lipinski definition) is 1. The highest BCUT2D eigenvalue weighted by Crippen LogP contribution is 2.10. The summed E-state index contributed by atoms with van der Waals surface area (Å²) in [7, 11) is 0. The van der Waals surface area contributed by atoms with Gasteiger partial charge in [-0.1, -0.05) is 32.6 Å². The van der Waals surface area contributed by atoms with E-state index in [0.29, 0.717) is 0 Å². The van der Waals surface area contributed by atoms with Crippen molar-refractivity contribution in [1.82, 2.24) is 4.90 Å². The number of aliphatic imine (C=N–C) groups is 1. The Kier molecular flexibility index (Phi) is 6.41. The molecule has 88 valence electrons. The third-order valence-corrected chi connectivity index (χ3v) is 2.93. The first-order chi connectivity index (χ1) is 7.38. The van der Waals surface area contributed by atoms with Gasteiger partial charge in [0.15, 0.2) is 0 Å². The zero-order valence-electron chi connectivity index (χ0n) is 10.0. The fourth-order valence-electron chi connectivity index (χ4n) is 2.05. The number of amidine groups is 1. The summed E-state index contributed by atoms with van der Waals surface area (Å²) in [6.07, 6.45) is 7.87. The first-order valence-electron chi connectivity index (χ1n) is 6.36. The van der Waals surface area contributed by atoms with E-state index in [1.165, 1.54) is 37.9 Å². The highest BCUT2D eigenvalue weighted by Gasteiger charge is 2.14. The van der Waals surface area contributed by atoms with Gasteiger partial charge in [0, 0.05) is 26.1 Å². The molecule has 0 radical (unpaired) electrons. The molecule has 1 aliphatic rings. The van der Waals surface area contributed by atoms with Crippen molar-refractivity contribution in [3.63, 3.8) is 0 Å². The van der Waals surface area contributed by atoms with Gasteiger partial charge < -0.3 is 10.6 Å². The minimum Gasteiger partial charge on any atom is -0.357 e. The van der Waals surface area contributed by atoms with E-state index in [1.807, 2.05) is 0 Å². The van der Waals surface area contributed by atoms with Crippen molar-refractivity contribution in [2.75, 3.05) is 26.2 Å². The molecule has 0 bridgehead atoms. The maximum absolute atomic E-state index is 5.57. The molecule has 0 amide bonds. The quantitative estimate of drug-likeness (QED) is 0.624. The average molecular weight is 211 g/mol. The van der Waals surface area contributed by atoms with Gasteiger partial charge in [-0.15, -0.1) is 0 Å². The lowest BCUT2D eigenvalue weighted by Gasteiger charge is -2.19. The Morgan fingerprint density at radius 2 is 2.07 bits per heavy atom. The van der Waals surface area contributed by atoms with Crippen LogP contribution in [-0.2, 0) is 0 Å². The fourth-order valence-corrected chi connectivity index (χ4v) is 2.05. The van der Waals surface area contributed by atoms with Gasteiger partial charge in [-0.25, -0.2) is 0 Å². The number of nitrogens with zero attached hydrogens (tertiary/aromatic N) is 2. The third kappa shape index (κ3) is 4.65. The van der Waals surface area contributed by atoms with E-state index >= 15 is 0 Å².